The molecule has 0 unspecified atom stereocenters. The lowest BCUT2D eigenvalue weighted by atomic mass is 10.1. The van der Waals surface area contributed by atoms with Crippen molar-refractivity contribution in [2.24, 2.45) is 0 Å². The van der Waals surface area contributed by atoms with Crippen molar-refractivity contribution in [2.45, 2.75) is 0 Å². The number of halogens is 1. The molecular weight excluding hydrogens is 478 g/mol. The third-order valence-corrected chi connectivity index (χ3v) is 7.28. The van der Waals surface area contributed by atoms with E-state index in [1.54, 1.807) is 11.3 Å². The summed E-state index contributed by atoms with van der Waals surface area (Å²) in [4.78, 5) is 9.79. The lowest BCUT2D eigenvalue weighted by Crippen LogP contribution is -2.36. The van der Waals surface area contributed by atoms with Gasteiger partial charge in [-0.25, -0.2) is 0 Å². The summed E-state index contributed by atoms with van der Waals surface area (Å²) in [7, 11) is 0. The summed E-state index contributed by atoms with van der Waals surface area (Å²) in [5, 5.41) is 2.45. The largest absolute Gasteiger partial charge is 0.307 e. The van der Waals surface area contributed by atoms with E-state index in [-0.39, 0.29) is 0 Å². The zero-order valence-electron chi connectivity index (χ0n) is 16.9. The van der Waals surface area contributed by atoms with Crippen LogP contribution in [0.15, 0.2) is 108 Å². The molecule has 0 saturated heterocycles. The average Bonchev–Trinajstić information content (AvgIpc) is 3.24. The van der Waals surface area contributed by atoms with E-state index < -0.39 is 0 Å². The fraction of sp³-hybridized carbons (Fsp3) is 0. The van der Waals surface area contributed by atoms with E-state index in [9.17, 15) is 0 Å². The second kappa shape index (κ2) is 7.93. The van der Waals surface area contributed by atoms with Gasteiger partial charge < -0.3 is 0 Å². The molecule has 152 valence electrons. The van der Waals surface area contributed by atoms with Crippen molar-refractivity contribution >= 4 is 47.4 Å². The fourth-order valence-electron chi connectivity index (χ4n) is 4.04. The predicted molar refractivity (Wildman–Crippen MR) is 135 cm³/mol. The minimum absolute atomic E-state index is 0.708. The number of benzene rings is 4. The van der Waals surface area contributed by atoms with E-state index in [0.29, 0.717) is 5.82 Å². The molecule has 0 atom stereocenters. The molecule has 0 N–H and O–H groups in total. The molecule has 2 aromatic heterocycles. The van der Waals surface area contributed by atoms with Gasteiger partial charge in [0.1, 0.15) is 5.69 Å². The third-order valence-electron chi connectivity index (χ3n) is 5.51. The normalized spacial score (nSPS) is 11.3. The van der Waals surface area contributed by atoms with Gasteiger partial charge in [-0.05, 0) is 58.4 Å². The van der Waals surface area contributed by atoms with E-state index >= 15 is 0 Å². The average molecular weight is 495 g/mol. The van der Waals surface area contributed by atoms with Gasteiger partial charge in [-0.2, -0.15) is 4.57 Å². The molecular formula is C27H17BrN3S+. The van der Waals surface area contributed by atoms with Crippen molar-refractivity contribution in [1.82, 2.24) is 9.97 Å². The van der Waals surface area contributed by atoms with E-state index in [4.69, 9.17) is 9.97 Å². The quantitative estimate of drug-likeness (QED) is 0.243. The van der Waals surface area contributed by atoms with Crippen LogP contribution in [-0.4, -0.2) is 9.97 Å². The van der Waals surface area contributed by atoms with E-state index in [1.807, 2.05) is 54.9 Å². The maximum atomic E-state index is 5.04. The summed E-state index contributed by atoms with van der Waals surface area (Å²) in [5.41, 5.74) is 3.09. The first-order chi connectivity index (χ1) is 15.8. The smallest absolute Gasteiger partial charge is 0.197 e. The topological polar surface area (TPSA) is 29.7 Å². The second-order valence-corrected chi connectivity index (χ2v) is 9.41. The lowest BCUT2D eigenvalue weighted by molar-refractivity contribution is -0.589. The first-order valence-corrected chi connectivity index (χ1v) is 11.9. The van der Waals surface area contributed by atoms with Crippen LogP contribution in [0.3, 0.4) is 0 Å². The molecule has 0 aliphatic heterocycles. The number of fused-ring (bicyclic) bond motifs is 3. The van der Waals surface area contributed by atoms with Gasteiger partial charge in [0.25, 0.3) is 5.82 Å². The molecule has 6 rings (SSSR count). The Bertz CT molecular complexity index is 1580. The minimum atomic E-state index is 0.708. The summed E-state index contributed by atoms with van der Waals surface area (Å²) in [5.74, 6) is 1.56. The number of hydrogen-bond donors (Lipinski definition) is 0. The zero-order chi connectivity index (χ0) is 21.5. The standard InChI is InChI=1S/C27H17BrN3S/c28-21-15-16-23-24(20-13-7-8-14-22(20)32-23)25(21)31-17-29-26(18-9-3-1-4-10-18)30-27(31)19-11-5-2-6-12-19/h1-17H/q+1. The molecule has 0 saturated carbocycles. The number of aromatic nitrogens is 3. The number of thiophene rings is 1. The molecule has 4 aromatic carbocycles. The highest BCUT2D eigenvalue weighted by atomic mass is 79.9. The van der Waals surface area contributed by atoms with Gasteiger partial charge in [-0.1, -0.05) is 64.6 Å². The molecule has 0 spiro atoms. The zero-order valence-corrected chi connectivity index (χ0v) is 19.3. The van der Waals surface area contributed by atoms with Crippen LogP contribution < -0.4 is 4.57 Å². The summed E-state index contributed by atoms with van der Waals surface area (Å²) in [6, 6.07) is 33.2. The van der Waals surface area contributed by atoms with Crippen molar-refractivity contribution in [3.63, 3.8) is 0 Å². The molecule has 3 nitrogen and oxygen atoms in total. The first kappa shape index (κ1) is 19.3. The summed E-state index contributed by atoms with van der Waals surface area (Å²) in [6.07, 6.45) is 1.89. The van der Waals surface area contributed by atoms with E-state index in [1.165, 1.54) is 20.2 Å². The molecule has 0 bridgehead atoms. The molecule has 0 fully saturated rings. The third kappa shape index (κ3) is 3.22. The summed E-state index contributed by atoms with van der Waals surface area (Å²) in [6.45, 7) is 0. The Morgan fingerprint density at radius 3 is 2.16 bits per heavy atom. The van der Waals surface area contributed by atoms with Gasteiger partial charge in [0.2, 0.25) is 6.33 Å². The molecule has 0 aliphatic rings. The van der Waals surface area contributed by atoms with Gasteiger partial charge in [-0.15, -0.1) is 11.3 Å². The molecule has 6 aromatic rings. The van der Waals surface area contributed by atoms with Gasteiger partial charge in [0, 0.05) is 20.2 Å². The van der Waals surface area contributed by atoms with Crippen LogP contribution in [-0.2, 0) is 0 Å². The molecule has 32 heavy (non-hydrogen) atoms. The molecule has 0 amide bonds. The Kier molecular flexibility index (Phi) is 4.78. The first-order valence-electron chi connectivity index (χ1n) is 10.3. The van der Waals surface area contributed by atoms with Crippen LogP contribution in [0.4, 0.5) is 0 Å². The van der Waals surface area contributed by atoms with Gasteiger partial charge in [0.05, 0.1) is 15.6 Å². The lowest BCUT2D eigenvalue weighted by Gasteiger charge is -2.10. The second-order valence-electron chi connectivity index (χ2n) is 7.47. The Morgan fingerprint density at radius 1 is 0.688 bits per heavy atom. The van der Waals surface area contributed by atoms with Crippen LogP contribution in [0.1, 0.15) is 0 Å². The molecule has 0 radical (unpaired) electrons. The fourth-order valence-corrected chi connectivity index (χ4v) is 5.67. The van der Waals surface area contributed by atoms with Crippen molar-refractivity contribution < 1.29 is 4.57 Å². The van der Waals surface area contributed by atoms with Crippen molar-refractivity contribution in [3.8, 4) is 28.5 Å². The van der Waals surface area contributed by atoms with Crippen molar-refractivity contribution in [3.05, 3.63) is 108 Å². The summed E-state index contributed by atoms with van der Waals surface area (Å²) < 4.78 is 5.62. The summed E-state index contributed by atoms with van der Waals surface area (Å²) >= 11 is 5.63. The van der Waals surface area contributed by atoms with E-state index in [0.717, 1.165) is 27.1 Å². The van der Waals surface area contributed by atoms with Crippen LogP contribution in [0.25, 0.3) is 48.6 Å². The minimum Gasteiger partial charge on any atom is -0.197 e. The molecule has 5 heteroatoms. The van der Waals surface area contributed by atoms with Crippen LogP contribution >= 0.6 is 27.3 Å². The van der Waals surface area contributed by atoms with Crippen LogP contribution in [0.2, 0.25) is 0 Å². The monoisotopic (exact) mass is 494 g/mol. The highest BCUT2D eigenvalue weighted by molar-refractivity contribution is 9.10. The Morgan fingerprint density at radius 2 is 1.38 bits per heavy atom. The molecule has 2 heterocycles. The Labute approximate surface area is 197 Å². The van der Waals surface area contributed by atoms with Gasteiger partial charge >= 0.3 is 5.82 Å². The highest BCUT2D eigenvalue weighted by Gasteiger charge is 2.24. The van der Waals surface area contributed by atoms with Crippen molar-refractivity contribution in [1.29, 1.82) is 0 Å². The highest BCUT2D eigenvalue weighted by Crippen LogP contribution is 2.39. The van der Waals surface area contributed by atoms with Crippen molar-refractivity contribution in [2.75, 3.05) is 0 Å². The Hall–Kier alpha value is -3.41. The number of hydrogen-bond acceptors (Lipinski definition) is 3. The SMILES string of the molecule is Brc1ccc2sc3ccccc3c2c1-[n+]1cnc(-c2ccccc2)nc1-c1ccccc1. The van der Waals surface area contributed by atoms with E-state index in [2.05, 4.69) is 69.0 Å². The molecule has 0 aliphatic carbocycles. The van der Waals surface area contributed by atoms with Gasteiger partial charge in [0.15, 0.2) is 0 Å². The maximum Gasteiger partial charge on any atom is 0.307 e. The predicted octanol–water partition coefficient (Wildman–Crippen LogP) is 7.22. The van der Waals surface area contributed by atoms with Crippen LogP contribution in [0, 0.1) is 0 Å². The van der Waals surface area contributed by atoms with Gasteiger partial charge in [-0.3, -0.25) is 0 Å². The maximum absolute atomic E-state index is 5.04. The number of rotatable bonds is 3. The number of nitrogens with zero attached hydrogens (tertiary/aromatic N) is 3. The Balaban J connectivity index is 1.69. The van der Waals surface area contributed by atoms with Crippen LogP contribution in [0.5, 0.6) is 0 Å².